The molecule has 0 unspecified atom stereocenters. The van der Waals surface area contributed by atoms with Gasteiger partial charge in [0.2, 0.25) is 0 Å². The van der Waals surface area contributed by atoms with Gasteiger partial charge in [-0.2, -0.15) is 0 Å². The molecule has 0 saturated heterocycles. The predicted octanol–water partition coefficient (Wildman–Crippen LogP) is 3.26. The second-order valence-corrected chi connectivity index (χ2v) is 6.10. The van der Waals surface area contributed by atoms with E-state index < -0.39 is 5.91 Å². The fourth-order valence-electron chi connectivity index (χ4n) is 1.92. The number of nitrogens with one attached hydrogen (secondary N) is 2. The van der Waals surface area contributed by atoms with Gasteiger partial charge in [-0.3, -0.25) is 4.79 Å². The van der Waals surface area contributed by atoms with Crippen LogP contribution in [-0.4, -0.2) is 29.2 Å². The van der Waals surface area contributed by atoms with E-state index >= 15 is 0 Å². The Labute approximate surface area is 148 Å². The van der Waals surface area contributed by atoms with Gasteiger partial charge in [0.05, 0.1) is 0 Å². The minimum atomic E-state index is -0.619. The van der Waals surface area contributed by atoms with Crippen LogP contribution >= 0.6 is 35.0 Å². The van der Waals surface area contributed by atoms with Crippen LogP contribution in [0.2, 0.25) is 10.0 Å². The third-order valence-electron chi connectivity index (χ3n) is 3.02. The molecule has 0 saturated carbocycles. The highest BCUT2D eigenvalue weighted by atomic mass is 35.5. The van der Waals surface area contributed by atoms with Gasteiger partial charge in [0.15, 0.2) is 5.16 Å². The van der Waals surface area contributed by atoms with Crippen molar-refractivity contribution in [2.24, 2.45) is 5.73 Å². The Balaban J connectivity index is 2.35. The lowest BCUT2D eigenvalue weighted by molar-refractivity contribution is 0.100. The van der Waals surface area contributed by atoms with E-state index in [1.807, 2.05) is 6.26 Å². The molecule has 0 fully saturated rings. The molecule has 0 spiro atoms. The summed E-state index contributed by atoms with van der Waals surface area (Å²) >= 11 is 13.4. The molecule has 9 heteroatoms. The molecule has 2 aromatic rings. The zero-order chi connectivity index (χ0) is 17.0. The fourth-order valence-corrected chi connectivity index (χ4v) is 2.76. The van der Waals surface area contributed by atoms with Crippen molar-refractivity contribution in [1.29, 1.82) is 0 Å². The van der Waals surface area contributed by atoms with Gasteiger partial charge < -0.3 is 16.4 Å². The highest BCUT2D eigenvalue weighted by Gasteiger charge is 2.18. The molecule has 2 rings (SSSR count). The first-order valence-corrected chi connectivity index (χ1v) is 8.55. The molecule has 0 bridgehead atoms. The van der Waals surface area contributed by atoms with Gasteiger partial charge in [-0.1, -0.05) is 41.0 Å². The summed E-state index contributed by atoms with van der Waals surface area (Å²) in [6, 6.07) is 5.20. The molecule has 0 aliphatic heterocycles. The maximum absolute atomic E-state index is 11.7. The van der Waals surface area contributed by atoms with Crippen molar-refractivity contribution in [2.75, 3.05) is 23.9 Å². The summed E-state index contributed by atoms with van der Waals surface area (Å²) in [6.45, 7) is 0.365. The molecule has 1 heterocycles. The smallest absolute Gasteiger partial charge is 0.256 e. The summed E-state index contributed by atoms with van der Waals surface area (Å²) in [5.41, 5.74) is 6.48. The van der Waals surface area contributed by atoms with Crippen LogP contribution in [0.25, 0.3) is 0 Å². The van der Waals surface area contributed by atoms with Crippen LogP contribution in [-0.2, 0) is 6.54 Å². The van der Waals surface area contributed by atoms with Gasteiger partial charge in [-0.25, -0.2) is 9.97 Å². The Hall–Kier alpha value is -1.70. The van der Waals surface area contributed by atoms with Crippen LogP contribution in [0.3, 0.4) is 0 Å². The van der Waals surface area contributed by atoms with Crippen molar-refractivity contribution in [2.45, 2.75) is 11.7 Å². The fraction of sp³-hybridized carbons (Fsp3) is 0.214. The number of halogens is 2. The number of thioether (sulfide) groups is 1. The van der Waals surface area contributed by atoms with Gasteiger partial charge in [-0.15, -0.1) is 0 Å². The molecular weight excluding hydrogens is 357 g/mol. The minimum absolute atomic E-state index is 0.204. The highest BCUT2D eigenvalue weighted by Crippen LogP contribution is 2.26. The number of carbonyl (C=O) groups excluding carboxylic acids is 1. The Bertz CT molecular complexity index is 741. The number of rotatable bonds is 6. The molecule has 0 aliphatic carbocycles. The number of hydrogen-bond donors (Lipinski definition) is 3. The minimum Gasteiger partial charge on any atom is -0.372 e. The van der Waals surface area contributed by atoms with Gasteiger partial charge in [0.1, 0.15) is 17.2 Å². The third kappa shape index (κ3) is 4.19. The molecule has 6 nitrogen and oxygen atoms in total. The summed E-state index contributed by atoms with van der Waals surface area (Å²) in [7, 11) is 1.67. The van der Waals surface area contributed by atoms with E-state index in [4.69, 9.17) is 28.9 Å². The summed E-state index contributed by atoms with van der Waals surface area (Å²) in [5.74, 6) is 0.112. The number of amides is 1. The van der Waals surface area contributed by atoms with E-state index in [-0.39, 0.29) is 5.56 Å². The number of benzene rings is 1. The number of anilines is 2. The van der Waals surface area contributed by atoms with E-state index in [0.717, 1.165) is 5.56 Å². The number of primary amides is 1. The Morgan fingerprint density at radius 1 is 1.30 bits per heavy atom. The van der Waals surface area contributed by atoms with E-state index in [0.29, 0.717) is 33.4 Å². The topological polar surface area (TPSA) is 92.9 Å². The zero-order valence-corrected chi connectivity index (χ0v) is 14.8. The van der Waals surface area contributed by atoms with E-state index in [1.165, 1.54) is 11.8 Å². The van der Waals surface area contributed by atoms with Gasteiger partial charge in [0.25, 0.3) is 5.91 Å². The lowest BCUT2D eigenvalue weighted by Crippen LogP contribution is -2.19. The van der Waals surface area contributed by atoms with E-state index in [1.54, 1.807) is 25.2 Å². The first-order chi connectivity index (χ1) is 11.0. The maximum atomic E-state index is 11.7. The van der Waals surface area contributed by atoms with Crippen LogP contribution < -0.4 is 16.4 Å². The number of aromatic nitrogens is 2. The molecule has 122 valence electrons. The Morgan fingerprint density at radius 2 is 2.00 bits per heavy atom. The molecule has 1 amide bonds. The Kier molecular flexibility index (Phi) is 5.92. The standard InChI is InChI=1S/C14H15Cl2N5OS/c1-18-12-10(11(17)22)13(21-14(20-12)23-2)19-6-7-3-4-8(15)5-9(7)16/h3-5H,6H2,1-2H3,(H2,17,22)(H2,18,19,20,21). The average molecular weight is 372 g/mol. The van der Waals surface area contributed by atoms with E-state index in [2.05, 4.69) is 20.6 Å². The summed E-state index contributed by atoms with van der Waals surface area (Å²) in [4.78, 5) is 20.3. The monoisotopic (exact) mass is 371 g/mol. The molecule has 0 atom stereocenters. The van der Waals surface area contributed by atoms with Crippen LogP contribution in [0.4, 0.5) is 11.6 Å². The van der Waals surface area contributed by atoms with Crippen molar-refractivity contribution in [1.82, 2.24) is 9.97 Å². The maximum Gasteiger partial charge on any atom is 0.256 e. The summed E-state index contributed by atoms with van der Waals surface area (Å²) in [5, 5.41) is 7.55. The van der Waals surface area contributed by atoms with Crippen LogP contribution in [0.1, 0.15) is 15.9 Å². The van der Waals surface area contributed by atoms with Crippen molar-refractivity contribution in [3.63, 3.8) is 0 Å². The second-order valence-electron chi connectivity index (χ2n) is 4.49. The van der Waals surface area contributed by atoms with Gasteiger partial charge in [0, 0.05) is 23.6 Å². The SMILES string of the molecule is CNc1nc(SC)nc(NCc2ccc(Cl)cc2Cl)c1C(N)=O. The lowest BCUT2D eigenvalue weighted by Gasteiger charge is -2.14. The molecule has 23 heavy (non-hydrogen) atoms. The lowest BCUT2D eigenvalue weighted by atomic mass is 10.2. The highest BCUT2D eigenvalue weighted by molar-refractivity contribution is 7.98. The van der Waals surface area contributed by atoms with Crippen molar-refractivity contribution in [3.8, 4) is 0 Å². The molecule has 0 radical (unpaired) electrons. The van der Waals surface area contributed by atoms with Crippen LogP contribution in [0.5, 0.6) is 0 Å². The third-order valence-corrected chi connectivity index (χ3v) is 4.15. The van der Waals surface area contributed by atoms with Crippen molar-refractivity contribution >= 4 is 52.5 Å². The number of nitrogens with two attached hydrogens (primary N) is 1. The molecule has 1 aromatic heterocycles. The summed E-state index contributed by atoms with van der Waals surface area (Å²) in [6.07, 6.45) is 1.85. The average Bonchev–Trinajstić information content (AvgIpc) is 2.52. The number of hydrogen-bond acceptors (Lipinski definition) is 6. The zero-order valence-electron chi connectivity index (χ0n) is 12.5. The number of nitrogens with zero attached hydrogens (tertiary/aromatic N) is 2. The molecule has 0 aliphatic rings. The van der Waals surface area contributed by atoms with Crippen molar-refractivity contribution < 1.29 is 4.79 Å². The second kappa shape index (κ2) is 7.72. The normalized spacial score (nSPS) is 10.4. The largest absolute Gasteiger partial charge is 0.372 e. The van der Waals surface area contributed by atoms with Crippen molar-refractivity contribution in [3.05, 3.63) is 39.4 Å². The molecular formula is C14H15Cl2N5OS. The van der Waals surface area contributed by atoms with Gasteiger partial charge in [-0.05, 0) is 24.0 Å². The predicted molar refractivity (Wildman–Crippen MR) is 95.7 cm³/mol. The first kappa shape index (κ1) is 17.7. The quantitative estimate of drug-likeness (QED) is 0.532. The van der Waals surface area contributed by atoms with Crippen LogP contribution in [0.15, 0.2) is 23.4 Å². The molecule has 1 aromatic carbocycles. The summed E-state index contributed by atoms with van der Waals surface area (Å²) < 4.78 is 0. The van der Waals surface area contributed by atoms with E-state index in [9.17, 15) is 4.79 Å². The first-order valence-electron chi connectivity index (χ1n) is 6.57. The van der Waals surface area contributed by atoms with Crippen LogP contribution in [0, 0.1) is 0 Å². The molecule has 4 N–H and O–H groups in total. The Morgan fingerprint density at radius 3 is 2.57 bits per heavy atom. The number of carbonyl (C=O) groups is 1. The van der Waals surface area contributed by atoms with Gasteiger partial charge >= 0.3 is 0 Å².